The molecular formula is C17H25N3O3S. The quantitative estimate of drug-likeness (QED) is 0.868. The molecule has 0 radical (unpaired) electrons. The van der Waals surface area contributed by atoms with Crippen molar-refractivity contribution >= 4 is 23.7 Å². The van der Waals surface area contributed by atoms with E-state index in [9.17, 15) is 14.7 Å². The first-order valence-corrected chi connectivity index (χ1v) is 9.19. The predicted octanol–water partition coefficient (Wildman–Crippen LogP) is 1.28. The van der Waals surface area contributed by atoms with Crippen LogP contribution < -0.4 is 0 Å². The SMILES string of the molecule is CN(C)C(=O)N1CCN(C(=O)CSCC(O)c2ccccc2)CC1. The van der Waals surface area contributed by atoms with Crippen molar-refractivity contribution in [3.63, 3.8) is 0 Å². The van der Waals surface area contributed by atoms with Crippen LogP contribution in [0.15, 0.2) is 30.3 Å². The highest BCUT2D eigenvalue weighted by Crippen LogP contribution is 2.18. The zero-order valence-corrected chi connectivity index (χ0v) is 15.0. The van der Waals surface area contributed by atoms with Crippen molar-refractivity contribution in [3.8, 4) is 0 Å². The molecule has 1 aromatic carbocycles. The molecule has 1 heterocycles. The Labute approximate surface area is 147 Å². The summed E-state index contributed by atoms with van der Waals surface area (Å²) >= 11 is 1.44. The largest absolute Gasteiger partial charge is 0.388 e. The first kappa shape index (κ1) is 18.6. The third kappa shape index (κ3) is 5.14. The number of aliphatic hydroxyl groups excluding tert-OH is 1. The van der Waals surface area contributed by atoms with E-state index in [1.807, 2.05) is 30.3 Å². The van der Waals surface area contributed by atoms with Crippen LogP contribution >= 0.6 is 11.8 Å². The molecule has 7 heteroatoms. The van der Waals surface area contributed by atoms with Crippen LogP contribution in [0.4, 0.5) is 4.79 Å². The highest BCUT2D eigenvalue weighted by atomic mass is 32.2. The van der Waals surface area contributed by atoms with Gasteiger partial charge in [-0.25, -0.2) is 4.79 Å². The summed E-state index contributed by atoms with van der Waals surface area (Å²) in [7, 11) is 3.46. The molecule has 2 rings (SSSR count). The lowest BCUT2D eigenvalue weighted by Crippen LogP contribution is -2.53. The second-order valence-corrected chi connectivity index (χ2v) is 7.02. The number of hydrogen-bond donors (Lipinski definition) is 1. The standard InChI is InChI=1S/C17H25N3O3S/c1-18(2)17(23)20-10-8-19(9-11-20)16(22)13-24-12-15(21)14-6-4-3-5-7-14/h3-7,15,21H,8-13H2,1-2H3. The van der Waals surface area contributed by atoms with Crippen LogP contribution in [0.1, 0.15) is 11.7 Å². The predicted molar refractivity (Wildman–Crippen MR) is 96.0 cm³/mol. The number of urea groups is 1. The summed E-state index contributed by atoms with van der Waals surface area (Å²) in [6.45, 7) is 2.28. The van der Waals surface area contributed by atoms with Gasteiger partial charge in [0, 0.05) is 46.0 Å². The van der Waals surface area contributed by atoms with Gasteiger partial charge >= 0.3 is 6.03 Å². The number of aliphatic hydroxyl groups is 1. The van der Waals surface area contributed by atoms with Gasteiger partial charge in [0.25, 0.3) is 0 Å². The first-order chi connectivity index (χ1) is 11.5. The first-order valence-electron chi connectivity index (χ1n) is 8.04. The Morgan fingerprint density at radius 3 is 2.29 bits per heavy atom. The molecule has 0 spiro atoms. The third-order valence-corrected chi connectivity index (χ3v) is 4.97. The van der Waals surface area contributed by atoms with Gasteiger partial charge in [-0.3, -0.25) is 4.79 Å². The average Bonchev–Trinajstić information content (AvgIpc) is 2.61. The summed E-state index contributed by atoms with van der Waals surface area (Å²) in [5.74, 6) is 0.914. The molecule has 0 saturated carbocycles. The van der Waals surface area contributed by atoms with E-state index in [4.69, 9.17) is 0 Å². The molecule has 1 unspecified atom stereocenters. The molecule has 1 N–H and O–H groups in total. The molecule has 1 saturated heterocycles. The molecule has 1 aliphatic rings. The van der Waals surface area contributed by atoms with Crippen molar-refractivity contribution in [2.75, 3.05) is 51.8 Å². The Morgan fingerprint density at radius 1 is 1.12 bits per heavy atom. The highest BCUT2D eigenvalue weighted by Gasteiger charge is 2.24. The molecule has 3 amide bonds. The second kappa shape index (κ2) is 8.94. The van der Waals surface area contributed by atoms with Gasteiger partial charge in [0.2, 0.25) is 5.91 Å². The smallest absolute Gasteiger partial charge is 0.319 e. The van der Waals surface area contributed by atoms with Gasteiger partial charge in [0.15, 0.2) is 0 Å². The number of piperazine rings is 1. The van der Waals surface area contributed by atoms with E-state index >= 15 is 0 Å². The van der Waals surface area contributed by atoms with E-state index in [1.165, 1.54) is 11.8 Å². The fourth-order valence-corrected chi connectivity index (χ4v) is 3.44. The number of thioether (sulfide) groups is 1. The van der Waals surface area contributed by atoms with E-state index in [-0.39, 0.29) is 11.9 Å². The minimum absolute atomic E-state index is 0.0116. The van der Waals surface area contributed by atoms with E-state index in [0.717, 1.165) is 5.56 Å². The Hall–Kier alpha value is -1.73. The van der Waals surface area contributed by atoms with Crippen molar-refractivity contribution in [2.24, 2.45) is 0 Å². The summed E-state index contributed by atoms with van der Waals surface area (Å²) < 4.78 is 0. The van der Waals surface area contributed by atoms with E-state index in [2.05, 4.69) is 0 Å². The fraction of sp³-hybridized carbons (Fsp3) is 0.529. The van der Waals surface area contributed by atoms with Crippen LogP contribution in [0, 0.1) is 0 Å². The molecule has 1 atom stereocenters. The normalized spacial score (nSPS) is 16.0. The molecular weight excluding hydrogens is 326 g/mol. The summed E-state index contributed by atoms with van der Waals surface area (Å²) in [5.41, 5.74) is 0.869. The van der Waals surface area contributed by atoms with Crippen LogP contribution in [-0.2, 0) is 4.79 Å². The topological polar surface area (TPSA) is 64.1 Å². The van der Waals surface area contributed by atoms with Crippen LogP contribution in [0.25, 0.3) is 0 Å². The van der Waals surface area contributed by atoms with Gasteiger partial charge in [-0.2, -0.15) is 0 Å². The molecule has 1 aliphatic heterocycles. The zero-order chi connectivity index (χ0) is 17.5. The molecule has 0 aliphatic carbocycles. The molecule has 1 fully saturated rings. The van der Waals surface area contributed by atoms with Crippen molar-refractivity contribution in [1.29, 1.82) is 0 Å². The fourth-order valence-electron chi connectivity index (χ4n) is 2.55. The van der Waals surface area contributed by atoms with E-state index in [1.54, 1.807) is 28.8 Å². The summed E-state index contributed by atoms with van der Waals surface area (Å²) in [6, 6.07) is 9.45. The average molecular weight is 351 g/mol. The molecule has 0 bridgehead atoms. The van der Waals surface area contributed by atoms with Gasteiger partial charge in [0.05, 0.1) is 11.9 Å². The number of rotatable bonds is 5. The van der Waals surface area contributed by atoms with Crippen molar-refractivity contribution < 1.29 is 14.7 Å². The number of carbonyl (C=O) groups excluding carboxylic acids is 2. The number of hydrogen-bond acceptors (Lipinski definition) is 4. The molecule has 6 nitrogen and oxygen atoms in total. The number of benzene rings is 1. The lowest BCUT2D eigenvalue weighted by Gasteiger charge is -2.36. The van der Waals surface area contributed by atoms with Crippen LogP contribution in [0.5, 0.6) is 0 Å². The number of nitrogens with zero attached hydrogens (tertiary/aromatic N) is 3. The Bertz CT molecular complexity index is 545. The Balaban J connectivity index is 1.69. The third-order valence-electron chi connectivity index (χ3n) is 3.97. The Morgan fingerprint density at radius 2 is 1.71 bits per heavy atom. The second-order valence-electron chi connectivity index (χ2n) is 5.99. The minimum atomic E-state index is -0.557. The van der Waals surface area contributed by atoms with Crippen LogP contribution in [0.2, 0.25) is 0 Å². The maximum absolute atomic E-state index is 12.2. The summed E-state index contributed by atoms with van der Waals surface area (Å²) in [5, 5.41) is 10.1. The monoisotopic (exact) mass is 351 g/mol. The molecule has 132 valence electrons. The van der Waals surface area contributed by atoms with Crippen LogP contribution in [0.3, 0.4) is 0 Å². The Kier molecular flexibility index (Phi) is 6.93. The maximum Gasteiger partial charge on any atom is 0.319 e. The molecule has 1 aromatic rings. The van der Waals surface area contributed by atoms with Gasteiger partial charge in [0.1, 0.15) is 0 Å². The van der Waals surface area contributed by atoms with E-state index in [0.29, 0.717) is 37.7 Å². The molecule has 0 aromatic heterocycles. The lowest BCUT2D eigenvalue weighted by molar-refractivity contribution is -0.129. The zero-order valence-electron chi connectivity index (χ0n) is 14.2. The van der Waals surface area contributed by atoms with Gasteiger partial charge in [-0.05, 0) is 5.56 Å². The van der Waals surface area contributed by atoms with Crippen molar-refractivity contribution in [2.45, 2.75) is 6.10 Å². The summed E-state index contributed by atoms with van der Waals surface area (Å²) in [6.07, 6.45) is -0.557. The van der Waals surface area contributed by atoms with E-state index < -0.39 is 6.10 Å². The molecule has 24 heavy (non-hydrogen) atoms. The van der Waals surface area contributed by atoms with Gasteiger partial charge in [-0.15, -0.1) is 11.8 Å². The minimum Gasteiger partial charge on any atom is -0.388 e. The van der Waals surface area contributed by atoms with Gasteiger partial charge in [-0.1, -0.05) is 30.3 Å². The number of carbonyl (C=O) groups is 2. The lowest BCUT2D eigenvalue weighted by atomic mass is 10.1. The van der Waals surface area contributed by atoms with Crippen molar-refractivity contribution in [3.05, 3.63) is 35.9 Å². The highest BCUT2D eigenvalue weighted by molar-refractivity contribution is 7.99. The summed E-state index contributed by atoms with van der Waals surface area (Å²) in [4.78, 5) is 29.2. The van der Waals surface area contributed by atoms with Crippen LogP contribution in [-0.4, -0.2) is 83.5 Å². The van der Waals surface area contributed by atoms with Crippen molar-refractivity contribution in [1.82, 2.24) is 14.7 Å². The van der Waals surface area contributed by atoms with Gasteiger partial charge < -0.3 is 19.8 Å². The number of amides is 3. The maximum atomic E-state index is 12.2.